The van der Waals surface area contributed by atoms with E-state index in [1.165, 1.54) is 18.4 Å². The van der Waals surface area contributed by atoms with Crippen molar-refractivity contribution in [3.63, 3.8) is 0 Å². The first kappa shape index (κ1) is 19.3. The first-order chi connectivity index (χ1) is 13.5. The maximum atomic E-state index is 12.9. The topological polar surface area (TPSA) is 69.9 Å². The van der Waals surface area contributed by atoms with Crippen molar-refractivity contribution < 1.29 is 14.3 Å². The van der Waals surface area contributed by atoms with Crippen molar-refractivity contribution in [1.82, 2.24) is 9.38 Å². The molecule has 2 aromatic heterocycles. The van der Waals surface area contributed by atoms with Crippen LogP contribution in [-0.4, -0.2) is 29.1 Å². The number of carbonyl (C=O) groups excluding carboxylic acids is 1. The predicted octanol–water partition coefficient (Wildman–Crippen LogP) is 3.38. The monoisotopic (exact) mass is 570 g/mol. The highest BCUT2D eigenvalue weighted by Crippen LogP contribution is 2.32. The second-order valence-corrected chi connectivity index (χ2v) is 8.84. The fourth-order valence-corrected chi connectivity index (χ4v) is 5.51. The largest absolute Gasteiger partial charge is 0.480 e. The molecule has 0 aliphatic heterocycles. The highest BCUT2D eigenvalue weighted by Gasteiger charge is 2.13. The number of aromatic nitrogens is 2. The number of para-hydroxylation sites is 2. The van der Waals surface area contributed by atoms with Crippen molar-refractivity contribution in [3.8, 4) is 5.75 Å². The second-order valence-electron chi connectivity index (χ2n) is 5.81. The molecule has 142 valence electrons. The number of fused-ring (bicyclic) bond motifs is 3. The van der Waals surface area contributed by atoms with Gasteiger partial charge in [-0.3, -0.25) is 4.79 Å². The number of rotatable bonds is 4. The molecule has 0 fully saturated rings. The molecule has 0 radical (unpaired) electrons. The van der Waals surface area contributed by atoms with E-state index in [0.717, 1.165) is 20.2 Å². The van der Waals surface area contributed by atoms with Crippen molar-refractivity contribution in [2.24, 2.45) is 0 Å². The first-order valence-electron chi connectivity index (χ1n) is 8.08. The minimum absolute atomic E-state index is 0.0918. The SMILES string of the molecule is COC(=O)COc1c(Br)cc(/C=c2\sc3nc4ccccc4n3c2=O)cc1I. The van der Waals surface area contributed by atoms with E-state index in [1.807, 2.05) is 42.5 Å². The number of esters is 1. The number of hydrogen-bond donors (Lipinski definition) is 0. The van der Waals surface area contributed by atoms with Crippen LogP contribution in [0.5, 0.6) is 5.75 Å². The van der Waals surface area contributed by atoms with Gasteiger partial charge in [-0.15, -0.1) is 0 Å². The molecule has 6 nitrogen and oxygen atoms in total. The Balaban J connectivity index is 1.76. The Morgan fingerprint density at radius 3 is 2.89 bits per heavy atom. The van der Waals surface area contributed by atoms with Crippen LogP contribution in [-0.2, 0) is 9.53 Å². The number of benzene rings is 2. The molecular formula is C19H12BrIN2O4S. The van der Waals surface area contributed by atoms with Crippen LogP contribution in [0.4, 0.5) is 0 Å². The van der Waals surface area contributed by atoms with Crippen molar-refractivity contribution in [2.75, 3.05) is 13.7 Å². The van der Waals surface area contributed by atoms with Gasteiger partial charge in [-0.1, -0.05) is 23.5 Å². The van der Waals surface area contributed by atoms with E-state index in [2.05, 4.69) is 48.2 Å². The molecule has 4 rings (SSSR count). The number of ether oxygens (including phenoxy) is 2. The number of thiazole rings is 1. The highest BCUT2D eigenvalue weighted by molar-refractivity contribution is 14.1. The van der Waals surface area contributed by atoms with Gasteiger partial charge in [0.2, 0.25) is 0 Å². The van der Waals surface area contributed by atoms with E-state index in [0.29, 0.717) is 19.7 Å². The van der Waals surface area contributed by atoms with Gasteiger partial charge in [0.15, 0.2) is 11.6 Å². The summed E-state index contributed by atoms with van der Waals surface area (Å²) in [6, 6.07) is 11.3. The average Bonchev–Trinajstić information content (AvgIpc) is 3.17. The van der Waals surface area contributed by atoms with E-state index >= 15 is 0 Å². The lowest BCUT2D eigenvalue weighted by atomic mass is 10.2. The number of halogens is 2. The van der Waals surface area contributed by atoms with Crippen LogP contribution < -0.4 is 14.8 Å². The van der Waals surface area contributed by atoms with E-state index in [4.69, 9.17) is 4.74 Å². The first-order valence-corrected chi connectivity index (χ1v) is 10.8. The number of nitrogens with zero attached hydrogens (tertiary/aromatic N) is 2. The fourth-order valence-electron chi connectivity index (χ4n) is 2.75. The molecule has 0 bridgehead atoms. The molecule has 4 aromatic rings. The normalized spacial score (nSPS) is 12.0. The Morgan fingerprint density at radius 2 is 2.14 bits per heavy atom. The van der Waals surface area contributed by atoms with Gasteiger partial charge < -0.3 is 9.47 Å². The van der Waals surface area contributed by atoms with Crippen LogP contribution >= 0.6 is 49.9 Å². The lowest BCUT2D eigenvalue weighted by Crippen LogP contribution is -2.22. The van der Waals surface area contributed by atoms with Crippen LogP contribution in [0.15, 0.2) is 45.7 Å². The van der Waals surface area contributed by atoms with E-state index in [9.17, 15) is 9.59 Å². The molecular weight excluding hydrogens is 559 g/mol. The summed E-state index contributed by atoms with van der Waals surface area (Å²) < 4.78 is 13.8. The summed E-state index contributed by atoms with van der Waals surface area (Å²) in [7, 11) is 1.31. The second kappa shape index (κ2) is 7.80. The third kappa shape index (κ3) is 3.53. The van der Waals surface area contributed by atoms with Gasteiger partial charge in [0, 0.05) is 0 Å². The predicted molar refractivity (Wildman–Crippen MR) is 120 cm³/mol. The number of hydrogen-bond acceptors (Lipinski definition) is 6. The summed E-state index contributed by atoms with van der Waals surface area (Å²) >= 11 is 6.95. The zero-order chi connectivity index (χ0) is 19.8. The summed E-state index contributed by atoms with van der Waals surface area (Å²) in [5.74, 6) is 0.0981. The number of carbonyl (C=O) groups is 1. The van der Waals surface area contributed by atoms with Crippen LogP contribution in [0.3, 0.4) is 0 Å². The molecule has 0 aliphatic carbocycles. The molecule has 0 amide bonds. The van der Waals surface area contributed by atoms with Gasteiger partial charge in [-0.25, -0.2) is 14.2 Å². The summed E-state index contributed by atoms with van der Waals surface area (Å²) in [6.45, 7) is -0.173. The van der Waals surface area contributed by atoms with Crippen molar-refractivity contribution in [2.45, 2.75) is 0 Å². The smallest absolute Gasteiger partial charge is 0.343 e. The third-order valence-electron chi connectivity index (χ3n) is 4.03. The van der Waals surface area contributed by atoms with Gasteiger partial charge >= 0.3 is 5.97 Å². The minimum Gasteiger partial charge on any atom is -0.480 e. The molecule has 0 unspecified atom stereocenters. The van der Waals surface area contributed by atoms with Crippen molar-refractivity contribution in [1.29, 1.82) is 0 Å². The third-order valence-corrected chi connectivity index (χ3v) is 6.38. The lowest BCUT2D eigenvalue weighted by Gasteiger charge is -2.10. The van der Waals surface area contributed by atoms with E-state index in [1.54, 1.807) is 4.40 Å². The number of methoxy groups -OCH3 is 1. The standard InChI is InChI=1S/C19H12BrIN2O4S/c1-26-16(24)9-27-17-11(20)6-10(7-12(17)21)8-15-18(25)23-14-5-3-2-4-13(14)22-19(23)28-15/h2-8H,9H2,1H3/b15-8-. The Morgan fingerprint density at radius 1 is 1.36 bits per heavy atom. The summed E-state index contributed by atoms with van der Waals surface area (Å²) in [4.78, 5) is 29.4. The van der Waals surface area contributed by atoms with E-state index < -0.39 is 5.97 Å². The van der Waals surface area contributed by atoms with Crippen LogP contribution in [0.25, 0.3) is 22.1 Å². The van der Waals surface area contributed by atoms with Crippen LogP contribution in [0.1, 0.15) is 5.56 Å². The fraction of sp³-hybridized carbons (Fsp3) is 0.105. The number of imidazole rings is 1. The molecule has 2 heterocycles. The summed E-state index contributed by atoms with van der Waals surface area (Å²) in [5, 5.41) is 0. The van der Waals surface area contributed by atoms with Gasteiger partial charge in [-0.05, 0) is 74.4 Å². The minimum atomic E-state index is -0.455. The molecule has 9 heteroatoms. The Hall–Kier alpha value is -1.98. The molecule has 0 saturated carbocycles. The van der Waals surface area contributed by atoms with Crippen LogP contribution in [0.2, 0.25) is 0 Å². The van der Waals surface area contributed by atoms with Gasteiger partial charge in [-0.2, -0.15) is 0 Å². The summed E-state index contributed by atoms with van der Waals surface area (Å²) in [5.41, 5.74) is 2.36. The molecule has 0 spiro atoms. The lowest BCUT2D eigenvalue weighted by molar-refractivity contribution is -0.142. The van der Waals surface area contributed by atoms with Crippen molar-refractivity contribution in [3.05, 3.63) is 64.9 Å². The zero-order valence-corrected chi connectivity index (χ0v) is 19.0. The van der Waals surface area contributed by atoms with Crippen molar-refractivity contribution >= 4 is 77.9 Å². The van der Waals surface area contributed by atoms with E-state index in [-0.39, 0.29) is 12.2 Å². The average molecular weight is 571 g/mol. The van der Waals surface area contributed by atoms with Gasteiger partial charge in [0.25, 0.3) is 5.56 Å². The Labute approximate surface area is 185 Å². The zero-order valence-electron chi connectivity index (χ0n) is 14.4. The highest BCUT2D eigenvalue weighted by atomic mass is 127. The summed E-state index contributed by atoms with van der Waals surface area (Å²) in [6.07, 6.45) is 1.83. The van der Waals surface area contributed by atoms with Gasteiger partial charge in [0.05, 0.1) is 30.7 Å². The van der Waals surface area contributed by atoms with Gasteiger partial charge in [0.1, 0.15) is 5.75 Å². The van der Waals surface area contributed by atoms with Crippen LogP contribution in [0, 0.1) is 3.57 Å². The Kier molecular flexibility index (Phi) is 5.39. The molecule has 0 atom stereocenters. The molecule has 0 saturated heterocycles. The quantitative estimate of drug-likeness (QED) is 0.278. The maximum absolute atomic E-state index is 12.9. The Bertz CT molecular complexity index is 1310. The molecule has 0 aliphatic rings. The maximum Gasteiger partial charge on any atom is 0.343 e. The molecule has 2 aromatic carbocycles. The molecule has 0 N–H and O–H groups in total. The molecule has 28 heavy (non-hydrogen) atoms.